The Balaban J connectivity index is 4.28. The number of carboxylic acids is 1. The molecule has 0 aromatic heterocycles. The summed E-state index contributed by atoms with van der Waals surface area (Å²) in [5, 5.41) is 8.77. The van der Waals surface area contributed by atoms with Crippen LogP contribution in [0.5, 0.6) is 0 Å². The fourth-order valence-electron chi connectivity index (χ4n) is 1.52. The molecule has 0 unspecified atom stereocenters. The Hall–Kier alpha value is -1.10. The van der Waals surface area contributed by atoms with Crippen LogP contribution in [-0.2, 0) is 14.3 Å². The average molecular weight is 246 g/mol. The van der Waals surface area contributed by atoms with Gasteiger partial charge in [-0.1, -0.05) is 13.3 Å². The van der Waals surface area contributed by atoms with Gasteiger partial charge in [0.15, 0.2) is 6.10 Å². The van der Waals surface area contributed by atoms with Gasteiger partial charge < -0.3 is 14.3 Å². The smallest absolute Gasteiger partial charge is 0.307 e. The number of ether oxygens (including phenoxy) is 1. The molecule has 0 saturated heterocycles. The summed E-state index contributed by atoms with van der Waals surface area (Å²) in [4.78, 5) is 22.2. The van der Waals surface area contributed by atoms with Crippen LogP contribution >= 0.6 is 0 Å². The lowest BCUT2D eigenvalue weighted by Gasteiger charge is -2.28. The maximum Gasteiger partial charge on any atom is 0.307 e. The summed E-state index contributed by atoms with van der Waals surface area (Å²) in [6, 6.07) is 0. The summed E-state index contributed by atoms with van der Waals surface area (Å²) in [6.45, 7) is 2.50. The molecule has 0 amide bonds. The van der Waals surface area contributed by atoms with Gasteiger partial charge in [0.1, 0.15) is 6.54 Å². The first-order chi connectivity index (χ1) is 7.74. The minimum atomic E-state index is -0.938. The molecule has 0 aliphatic heterocycles. The second-order valence-corrected chi connectivity index (χ2v) is 5.29. The molecular formula is C12H24NO4+. The summed E-state index contributed by atoms with van der Waals surface area (Å²) >= 11 is 0. The highest BCUT2D eigenvalue weighted by Gasteiger charge is 2.24. The standard InChI is InChI=1S/C12H23NO4/c1-5-6-7-12(16)17-10(8-11(14)15)9-13(2,3)4/h10H,5-9H2,1-4H3/p+1/t10-/m0/s1. The van der Waals surface area contributed by atoms with Crippen molar-refractivity contribution >= 4 is 11.9 Å². The number of hydrogen-bond acceptors (Lipinski definition) is 3. The van der Waals surface area contributed by atoms with E-state index in [0.29, 0.717) is 17.4 Å². The van der Waals surface area contributed by atoms with Crippen molar-refractivity contribution in [2.75, 3.05) is 27.7 Å². The minimum absolute atomic E-state index is 0.132. The second-order valence-electron chi connectivity index (χ2n) is 5.29. The number of quaternary nitrogens is 1. The van der Waals surface area contributed by atoms with Crippen molar-refractivity contribution in [3.05, 3.63) is 0 Å². The van der Waals surface area contributed by atoms with Crippen LogP contribution in [0.2, 0.25) is 0 Å². The van der Waals surface area contributed by atoms with Crippen LogP contribution in [0.1, 0.15) is 32.6 Å². The van der Waals surface area contributed by atoms with E-state index in [0.717, 1.165) is 12.8 Å². The largest absolute Gasteiger partial charge is 0.481 e. The minimum Gasteiger partial charge on any atom is -0.481 e. The van der Waals surface area contributed by atoms with Gasteiger partial charge in [0.05, 0.1) is 27.6 Å². The highest BCUT2D eigenvalue weighted by Crippen LogP contribution is 2.07. The van der Waals surface area contributed by atoms with Crippen molar-refractivity contribution in [1.29, 1.82) is 0 Å². The first kappa shape index (κ1) is 15.9. The van der Waals surface area contributed by atoms with Gasteiger partial charge in [-0.25, -0.2) is 0 Å². The monoisotopic (exact) mass is 246 g/mol. The fraction of sp³-hybridized carbons (Fsp3) is 0.833. The third-order valence-corrected chi connectivity index (χ3v) is 2.19. The fourth-order valence-corrected chi connectivity index (χ4v) is 1.52. The van der Waals surface area contributed by atoms with E-state index in [1.165, 1.54) is 0 Å². The first-order valence-corrected chi connectivity index (χ1v) is 5.96. The predicted molar refractivity (Wildman–Crippen MR) is 64.6 cm³/mol. The molecule has 17 heavy (non-hydrogen) atoms. The molecule has 1 atom stereocenters. The number of carboxylic acid groups (broad SMARTS) is 1. The molecule has 0 radical (unpaired) electrons. The maximum atomic E-state index is 11.5. The lowest BCUT2D eigenvalue weighted by atomic mass is 10.2. The van der Waals surface area contributed by atoms with Gasteiger partial charge in [0.2, 0.25) is 0 Å². The second kappa shape index (κ2) is 7.27. The molecule has 0 aromatic rings. The number of esters is 1. The Morgan fingerprint density at radius 1 is 1.29 bits per heavy atom. The van der Waals surface area contributed by atoms with E-state index < -0.39 is 12.1 Å². The summed E-state index contributed by atoms with van der Waals surface area (Å²) in [6.07, 6.45) is 1.39. The summed E-state index contributed by atoms with van der Waals surface area (Å²) in [5.41, 5.74) is 0. The van der Waals surface area contributed by atoms with E-state index in [4.69, 9.17) is 9.84 Å². The normalized spacial score (nSPS) is 13.2. The number of likely N-dealkylation sites (N-methyl/N-ethyl adjacent to an activating group) is 1. The number of rotatable bonds is 8. The zero-order valence-electron chi connectivity index (χ0n) is 11.2. The Morgan fingerprint density at radius 3 is 2.29 bits per heavy atom. The van der Waals surface area contributed by atoms with Crippen LogP contribution in [0.3, 0.4) is 0 Å². The van der Waals surface area contributed by atoms with E-state index in [1.54, 1.807) is 0 Å². The van der Waals surface area contributed by atoms with E-state index in [2.05, 4.69) is 0 Å². The van der Waals surface area contributed by atoms with Crippen molar-refractivity contribution in [1.82, 2.24) is 0 Å². The highest BCUT2D eigenvalue weighted by molar-refractivity contribution is 5.71. The molecule has 0 aliphatic carbocycles. The molecule has 5 heteroatoms. The SMILES string of the molecule is CCCCC(=O)O[C@@H](CC(=O)O)C[N+](C)(C)C. The van der Waals surface area contributed by atoms with Gasteiger partial charge in [-0.05, 0) is 6.42 Å². The molecule has 0 aromatic carbocycles. The zero-order chi connectivity index (χ0) is 13.5. The topological polar surface area (TPSA) is 63.6 Å². The average Bonchev–Trinajstić information content (AvgIpc) is 2.10. The Kier molecular flexibility index (Phi) is 6.80. The number of carbonyl (C=O) groups excluding carboxylic acids is 1. The van der Waals surface area contributed by atoms with Crippen LogP contribution in [0.25, 0.3) is 0 Å². The molecule has 1 N–H and O–H groups in total. The number of nitrogens with zero attached hydrogens (tertiary/aromatic N) is 1. The van der Waals surface area contributed by atoms with E-state index in [1.807, 2.05) is 28.1 Å². The van der Waals surface area contributed by atoms with Gasteiger partial charge in [-0.15, -0.1) is 0 Å². The number of unbranched alkanes of at least 4 members (excludes halogenated alkanes) is 1. The van der Waals surface area contributed by atoms with Crippen LogP contribution in [0, 0.1) is 0 Å². The van der Waals surface area contributed by atoms with E-state index in [9.17, 15) is 9.59 Å². The third kappa shape index (κ3) is 9.81. The third-order valence-electron chi connectivity index (χ3n) is 2.19. The van der Waals surface area contributed by atoms with Gasteiger partial charge >= 0.3 is 11.9 Å². The molecule has 0 aliphatic rings. The van der Waals surface area contributed by atoms with E-state index in [-0.39, 0.29) is 12.4 Å². The molecular weight excluding hydrogens is 222 g/mol. The summed E-state index contributed by atoms with van der Waals surface area (Å²) < 4.78 is 5.77. The quantitative estimate of drug-likeness (QED) is 0.517. The molecule has 0 fully saturated rings. The maximum absolute atomic E-state index is 11.5. The summed E-state index contributed by atoms with van der Waals surface area (Å²) in [5.74, 6) is -1.24. The number of hydrogen-bond donors (Lipinski definition) is 1. The van der Waals surface area contributed by atoms with E-state index >= 15 is 0 Å². The predicted octanol–water partition coefficient (Wildman–Crippen LogP) is 1.27. The van der Waals surface area contributed by atoms with Crippen LogP contribution in [0.15, 0.2) is 0 Å². The molecule has 100 valence electrons. The van der Waals surface area contributed by atoms with Crippen molar-refractivity contribution in [2.45, 2.75) is 38.7 Å². The summed E-state index contributed by atoms with van der Waals surface area (Å²) in [7, 11) is 5.82. The van der Waals surface area contributed by atoms with Crippen molar-refractivity contribution in [3.63, 3.8) is 0 Å². The first-order valence-electron chi connectivity index (χ1n) is 5.96. The molecule has 0 rings (SSSR count). The molecule has 5 nitrogen and oxygen atoms in total. The lowest BCUT2D eigenvalue weighted by molar-refractivity contribution is -0.873. The van der Waals surface area contributed by atoms with Crippen molar-refractivity contribution < 1.29 is 23.9 Å². The number of aliphatic carboxylic acids is 1. The van der Waals surface area contributed by atoms with Crippen LogP contribution in [-0.4, -0.2) is 55.3 Å². The highest BCUT2D eigenvalue weighted by atomic mass is 16.5. The molecule has 0 saturated carbocycles. The van der Waals surface area contributed by atoms with Gasteiger partial charge in [-0.2, -0.15) is 0 Å². The van der Waals surface area contributed by atoms with Crippen molar-refractivity contribution in [2.24, 2.45) is 0 Å². The van der Waals surface area contributed by atoms with Crippen LogP contribution in [0.4, 0.5) is 0 Å². The van der Waals surface area contributed by atoms with Gasteiger partial charge in [-0.3, -0.25) is 9.59 Å². The number of carbonyl (C=O) groups is 2. The molecule has 0 bridgehead atoms. The molecule has 0 spiro atoms. The Morgan fingerprint density at radius 2 is 1.88 bits per heavy atom. The van der Waals surface area contributed by atoms with Crippen molar-refractivity contribution in [3.8, 4) is 0 Å². The van der Waals surface area contributed by atoms with Gasteiger partial charge in [0, 0.05) is 6.42 Å². The van der Waals surface area contributed by atoms with Gasteiger partial charge in [0.25, 0.3) is 0 Å². The lowest BCUT2D eigenvalue weighted by Crippen LogP contribution is -2.43. The Labute approximate surface area is 103 Å². The van der Waals surface area contributed by atoms with Crippen LogP contribution < -0.4 is 0 Å². The molecule has 0 heterocycles. The Bertz CT molecular complexity index is 258. The zero-order valence-corrected chi connectivity index (χ0v) is 11.2.